The first-order valence-electron chi connectivity index (χ1n) is 11.3. The van der Waals surface area contributed by atoms with Gasteiger partial charge >= 0.3 is 0 Å². The van der Waals surface area contributed by atoms with Crippen LogP contribution in [-0.2, 0) is 16.6 Å². The second-order valence-electron chi connectivity index (χ2n) is 8.26. The fourth-order valence-corrected chi connectivity index (χ4v) is 5.22. The summed E-state index contributed by atoms with van der Waals surface area (Å²) in [6.07, 6.45) is 1.51. The molecule has 3 N–H and O–H groups in total. The number of benzene rings is 3. The van der Waals surface area contributed by atoms with E-state index in [0.29, 0.717) is 11.4 Å². The molecule has 1 heterocycles. The summed E-state index contributed by atoms with van der Waals surface area (Å²) in [7, 11) is -4.10. The highest BCUT2D eigenvalue weighted by atomic mass is 35.5. The van der Waals surface area contributed by atoms with Crippen LogP contribution in [-0.4, -0.2) is 20.2 Å². The Bertz CT molecular complexity index is 1570. The van der Waals surface area contributed by atoms with Gasteiger partial charge in [-0.2, -0.15) is 0 Å². The van der Waals surface area contributed by atoms with Crippen molar-refractivity contribution in [1.29, 1.82) is 0 Å². The Morgan fingerprint density at radius 1 is 0.892 bits per heavy atom. The molecule has 190 valence electrons. The van der Waals surface area contributed by atoms with E-state index in [-0.39, 0.29) is 33.3 Å². The van der Waals surface area contributed by atoms with E-state index in [0.717, 1.165) is 11.1 Å². The maximum absolute atomic E-state index is 13.1. The van der Waals surface area contributed by atoms with E-state index in [9.17, 15) is 18.0 Å². The van der Waals surface area contributed by atoms with Crippen LogP contribution in [0.3, 0.4) is 0 Å². The molecule has 0 atom stereocenters. The second-order valence-corrected chi connectivity index (χ2v) is 10.3. The van der Waals surface area contributed by atoms with Crippen molar-refractivity contribution in [2.75, 3.05) is 10.0 Å². The van der Waals surface area contributed by atoms with Crippen molar-refractivity contribution >= 4 is 44.8 Å². The fourth-order valence-electron chi connectivity index (χ4n) is 3.57. The number of amides is 2. The number of rotatable bonds is 8. The average Bonchev–Trinajstić information content (AvgIpc) is 3.39. The Hall–Kier alpha value is -4.08. The van der Waals surface area contributed by atoms with E-state index >= 15 is 0 Å². The summed E-state index contributed by atoms with van der Waals surface area (Å²) >= 11 is 6.22. The molecule has 0 saturated carbocycles. The molecule has 8 nitrogen and oxygen atoms in total. The number of sulfonamides is 1. The van der Waals surface area contributed by atoms with Gasteiger partial charge in [0.2, 0.25) is 0 Å². The van der Waals surface area contributed by atoms with Gasteiger partial charge in [-0.05, 0) is 73.5 Å². The minimum absolute atomic E-state index is 0.0351. The van der Waals surface area contributed by atoms with Crippen LogP contribution < -0.4 is 15.4 Å². The first-order chi connectivity index (χ1) is 17.7. The van der Waals surface area contributed by atoms with Crippen molar-refractivity contribution in [3.8, 4) is 0 Å². The molecule has 0 aliphatic heterocycles. The molecule has 0 fully saturated rings. The van der Waals surface area contributed by atoms with Crippen molar-refractivity contribution in [2.45, 2.75) is 25.3 Å². The Morgan fingerprint density at radius 2 is 1.65 bits per heavy atom. The van der Waals surface area contributed by atoms with Gasteiger partial charge in [0, 0.05) is 5.56 Å². The maximum Gasteiger partial charge on any atom is 0.263 e. The zero-order valence-corrected chi connectivity index (χ0v) is 21.6. The summed E-state index contributed by atoms with van der Waals surface area (Å²) in [4.78, 5) is 25.5. The van der Waals surface area contributed by atoms with Gasteiger partial charge in [0.15, 0.2) is 0 Å². The lowest BCUT2D eigenvalue weighted by atomic mass is 10.1. The molecule has 0 unspecified atom stereocenters. The Morgan fingerprint density at radius 3 is 2.41 bits per heavy atom. The van der Waals surface area contributed by atoms with Gasteiger partial charge in [-0.15, -0.1) is 0 Å². The summed E-state index contributed by atoms with van der Waals surface area (Å²) < 4.78 is 34.1. The number of para-hydroxylation sites is 1. The van der Waals surface area contributed by atoms with Crippen molar-refractivity contribution in [3.63, 3.8) is 0 Å². The molecule has 0 saturated heterocycles. The fraction of sp³-hybridized carbons (Fsp3) is 0.111. The lowest BCUT2D eigenvalue weighted by Crippen LogP contribution is -2.24. The van der Waals surface area contributed by atoms with Gasteiger partial charge in [-0.3, -0.25) is 14.3 Å². The number of halogens is 1. The molecule has 4 rings (SSSR count). The summed E-state index contributed by atoms with van der Waals surface area (Å²) in [6, 6.07) is 19.2. The number of carbonyl (C=O) groups excluding carboxylic acids is 2. The van der Waals surface area contributed by atoms with Crippen molar-refractivity contribution in [3.05, 3.63) is 112 Å². The second kappa shape index (κ2) is 10.9. The first kappa shape index (κ1) is 26.0. The topological polar surface area (TPSA) is 118 Å². The zero-order valence-electron chi connectivity index (χ0n) is 20.0. The van der Waals surface area contributed by atoms with Gasteiger partial charge in [0.05, 0.1) is 34.8 Å². The van der Waals surface area contributed by atoms with Crippen LogP contribution in [0, 0.1) is 13.8 Å². The van der Waals surface area contributed by atoms with Crippen LogP contribution in [0.1, 0.15) is 37.6 Å². The molecule has 3 aromatic carbocycles. The molecule has 0 aliphatic carbocycles. The molecular formula is C27H24ClN3O5S. The largest absolute Gasteiger partial charge is 0.467 e. The average molecular weight is 538 g/mol. The van der Waals surface area contributed by atoms with Crippen LogP contribution in [0.2, 0.25) is 5.02 Å². The molecule has 0 bridgehead atoms. The predicted molar refractivity (Wildman–Crippen MR) is 142 cm³/mol. The lowest BCUT2D eigenvalue weighted by Gasteiger charge is -2.14. The molecular weight excluding hydrogens is 514 g/mol. The van der Waals surface area contributed by atoms with Gasteiger partial charge in [0.1, 0.15) is 10.7 Å². The molecule has 10 heteroatoms. The zero-order chi connectivity index (χ0) is 26.6. The minimum Gasteiger partial charge on any atom is -0.467 e. The molecule has 0 radical (unpaired) electrons. The van der Waals surface area contributed by atoms with Crippen LogP contribution in [0.25, 0.3) is 0 Å². The third kappa shape index (κ3) is 6.02. The van der Waals surface area contributed by atoms with E-state index in [1.165, 1.54) is 24.5 Å². The number of nitrogens with one attached hydrogen (secondary N) is 3. The highest BCUT2D eigenvalue weighted by Gasteiger charge is 2.22. The lowest BCUT2D eigenvalue weighted by molar-refractivity contribution is 0.0949. The van der Waals surface area contributed by atoms with Crippen LogP contribution >= 0.6 is 11.6 Å². The summed E-state index contributed by atoms with van der Waals surface area (Å²) in [5, 5.41) is 5.38. The first-order valence-corrected chi connectivity index (χ1v) is 13.1. The molecule has 0 spiro atoms. The van der Waals surface area contributed by atoms with Gasteiger partial charge in [0.25, 0.3) is 21.8 Å². The standard InChI is InChI=1S/C27H24ClN3O5S/c1-17-7-5-11-23(18(17)2)31-37(34,35)25-15-19(12-13-22(25)28)26(32)30-24-10-4-3-9-21(24)27(33)29-16-20-8-6-14-36-20/h3-15,31H,16H2,1-2H3,(H,29,33)(H,30,32). The molecule has 4 aromatic rings. The smallest absolute Gasteiger partial charge is 0.263 e. The monoisotopic (exact) mass is 537 g/mol. The highest BCUT2D eigenvalue weighted by molar-refractivity contribution is 7.92. The van der Waals surface area contributed by atoms with Crippen molar-refractivity contribution in [2.24, 2.45) is 0 Å². The number of aryl methyl sites for hydroxylation is 1. The number of hydrogen-bond acceptors (Lipinski definition) is 5. The summed E-state index contributed by atoms with van der Waals surface area (Å²) in [6.45, 7) is 3.86. The minimum atomic E-state index is -4.10. The third-order valence-electron chi connectivity index (χ3n) is 5.76. The number of furan rings is 1. The van der Waals surface area contributed by atoms with Crippen molar-refractivity contribution < 1.29 is 22.4 Å². The van der Waals surface area contributed by atoms with Crippen LogP contribution in [0.15, 0.2) is 88.4 Å². The highest BCUT2D eigenvalue weighted by Crippen LogP contribution is 2.28. The van der Waals surface area contributed by atoms with Gasteiger partial charge in [-0.1, -0.05) is 35.9 Å². The van der Waals surface area contributed by atoms with Gasteiger partial charge < -0.3 is 15.1 Å². The van der Waals surface area contributed by atoms with E-state index in [4.69, 9.17) is 16.0 Å². The van der Waals surface area contributed by atoms with E-state index < -0.39 is 21.8 Å². The normalized spacial score (nSPS) is 11.1. The van der Waals surface area contributed by atoms with Crippen LogP contribution in [0.4, 0.5) is 11.4 Å². The van der Waals surface area contributed by atoms with E-state index in [1.807, 2.05) is 13.0 Å². The van der Waals surface area contributed by atoms with Gasteiger partial charge in [-0.25, -0.2) is 8.42 Å². The van der Waals surface area contributed by atoms with E-state index in [2.05, 4.69) is 15.4 Å². The van der Waals surface area contributed by atoms with Crippen molar-refractivity contribution in [1.82, 2.24) is 5.32 Å². The molecule has 37 heavy (non-hydrogen) atoms. The molecule has 2 amide bonds. The quantitative estimate of drug-likeness (QED) is 0.273. The summed E-state index contributed by atoms with van der Waals surface area (Å²) in [5.41, 5.74) is 2.67. The summed E-state index contributed by atoms with van der Waals surface area (Å²) in [5.74, 6) is -0.435. The molecule has 0 aliphatic rings. The Kier molecular flexibility index (Phi) is 7.66. The van der Waals surface area contributed by atoms with Crippen LogP contribution in [0.5, 0.6) is 0 Å². The Balaban J connectivity index is 1.55. The third-order valence-corrected chi connectivity index (χ3v) is 7.60. The molecule has 1 aromatic heterocycles. The predicted octanol–water partition coefficient (Wildman–Crippen LogP) is 5.53. The number of anilines is 2. The Labute approximate surface area is 219 Å². The van der Waals surface area contributed by atoms with E-state index in [1.54, 1.807) is 55.5 Å². The maximum atomic E-state index is 13.1. The number of hydrogen-bond donors (Lipinski definition) is 3. The number of carbonyl (C=O) groups is 2. The SMILES string of the molecule is Cc1cccc(NS(=O)(=O)c2cc(C(=O)Nc3ccccc3C(=O)NCc3ccco3)ccc2Cl)c1C.